The number of rotatable bonds is 1. The van der Waals surface area contributed by atoms with E-state index in [0.717, 1.165) is 6.42 Å². The molecule has 1 nitrogen and oxygen atoms in total. The predicted molar refractivity (Wildman–Crippen MR) is 25.2 cm³/mol. The lowest BCUT2D eigenvalue weighted by Gasteiger charge is -1.79. The van der Waals surface area contributed by atoms with Gasteiger partial charge in [0.2, 0.25) is 0 Å². The van der Waals surface area contributed by atoms with Gasteiger partial charge in [-0.3, -0.25) is 0 Å². The zero-order chi connectivity index (χ0) is 4.28. The smallest absolute Gasteiger partial charge is 0.0242 e. The van der Waals surface area contributed by atoms with Crippen LogP contribution in [0.2, 0.25) is 0 Å². The minimum absolute atomic E-state index is 0.0486. The lowest BCUT2D eigenvalue weighted by Crippen LogP contribution is -1.88. The van der Waals surface area contributed by atoms with Crippen molar-refractivity contribution in [3.63, 3.8) is 0 Å². The van der Waals surface area contributed by atoms with E-state index in [2.05, 4.69) is 0 Å². The third-order valence-corrected chi connectivity index (χ3v) is 0.144. The Morgan fingerprint density at radius 3 is 2.20 bits per heavy atom. The molecule has 2 heteroatoms. The van der Waals surface area contributed by atoms with Crippen molar-refractivity contribution < 1.29 is 4.79 Å². The first-order chi connectivity index (χ1) is 2.27. The van der Waals surface area contributed by atoms with E-state index < -0.39 is 0 Å². The van der Waals surface area contributed by atoms with E-state index >= 15 is 0 Å². The standard InChI is InChI=1S/C3H8BO/c1-2-3(4)5/h2H2,1,4H3/q-1. The minimum Gasteiger partial charge on any atom is -0.347 e. The van der Waals surface area contributed by atoms with Crippen molar-refractivity contribution in [3.05, 3.63) is 0 Å². The van der Waals surface area contributed by atoms with Gasteiger partial charge < -0.3 is 4.79 Å². The Morgan fingerprint density at radius 2 is 2.20 bits per heavy atom. The molecule has 5 heavy (non-hydrogen) atoms. The zero-order valence-corrected chi connectivity index (χ0v) is 2.62. The molecule has 0 N–H and O–H groups in total. The fourth-order valence-corrected chi connectivity index (χ4v) is 0. The highest BCUT2D eigenvalue weighted by Gasteiger charge is 1.68. The second-order valence-electron chi connectivity index (χ2n) is 0.498. The van der Waals surface area contributed by atoms with Crippen molar-refractivity contribution >= 4 is 13.5 Å². The molecule has 0 rings (SSSR count). The summed E-state index contributed by atoms with van der Waals surface area (Å²) in [6.45, 7) is 1.91. The fourth-order valence-electron chi connectivity index (χ4n) is 0. The number of carbonyl (C=O) groups excluding carboxylic acids is 1. The molecule has 0 amide bonds. The van der Waals surface area contributed by atoms with Crippen LogP contribution in [0.4, 0.5) is 0 Å². The Hall–Kier alpha value is -0.265. The Labute approximate surface area is 32.8 Å². The van der Waals surface area contributed by atoms with Crippen LogP contribution in [0, 0.1) is 0 Å². The molecule has 0 unspecified atom stereocenters. The monoisotopic (exact) mass is 71.1 g/mol. The van der Waals surface area contributed by atoms with Crippen LogP contribution in [0.3, 0.4) is 0 Å². The topological polar surface area (TPSA) is 17.1 Å². The van der Waals surface area contributed by atoms with Gasteiger partial charge >= 0.3 is 0 Å². The van der Waals surface area contributed by atoms with Gasteiger partial charge in [0.25, 0.3) is 0 Å². The van der Waals surface area contributed by atoms with Crippen molar-refractivity contribution in [2.45, 2.75) is 13.3 Å². The first kappa shape index (κ1) is 4.73. The molecule has 0 radical (unpaired) electrons. The molecule has 0 saturated heterocycles. The average molecular weight is 70.9 g/mol. The van der Waals surface area contributed by atoms with E-state index in [1.807, 2.05) is 6.92 Å². The SMILES string of the molecule is [BH3-]C(=O)CC. The summed E-state index contributed by atoms with van der Waals surface area (Å²) in [5, 5.41) is 0. The first-order valence-electron chi connectivity index (χ1n) is 1.26. The van der Waals surface area contributed by atoms with E-state index in [1.54, 1.807) is 0 Å². The molecule has 30 valence electrons. The summed E-state index contributed by atoms with van der Waals surface area (Å²) >= 11 is 0. The Bertz CT molecular complexity index is 42.2. The molecule has 0 fully saturated rings. The molecule has 0 saturated carbocycles. The van der Waals surface area contributed by atoms with Gasteiger partial charge in [0.15, 0.2) is 0 Å². The van der Waals surface area contributed by atoms with Crippen LogP contribution in [0.5, 0.6) is 0 Å². The second kappa shape index (κ2) is 2.00. The van der Waals surface area contributed by atoms with Crippen molar-refractivity contribution in [3.8, 4) is 0 Å². The molecular weight excluding hydrogens is 62.8 g/mol. The number of carbonyl (C=O) groups is 1. The van der Waals surface area contributed by atoms with Gasteiger partial charge in [-0.1, -0.05) is 6.92 Å². The van der Waals surface area contributed by atoms with Crippen molar-refractivity contribution in [2.75, 3.05) is 0 Å². The lowest BCUT2D eigenvalue weighted by molar-refractivity contribution is -0.111. The molecule has 0 spiro atoms. The Morgan fingerprint density at radius 1 is 2.00 bits per heavy atom. The molecular formula is C3H8BO-. The summed E-state index contributed by atoms with van der Waals surface area (Å²) in [6.07, 6.45) is 0.778. The summed E-state index contributed by atoms with van der Waals surface area (Å²) in [4.78, 5) is 9.92. The van der Waals surface area contributed by atoms with E-state index in [4.69, 9.17) is 0 Å². The average Bonchev–Trinajstić information content (AvgIpc) is 1.38. The van der Waals surface area contributed by atoms with Crippen LogP contribution in [-0.4, -0.2) is 13.5 Å². The summed E-state index contributed by atoms with van der Waals surface area (Å²) in [5.41, 5.74) is 0.505. The maximum atomic E-state index is 9.92. The molecule has 0 aromatic heterocycles. The molecule has 0 heterocycles. The Kier molecular flexibility index (Phi) is 1.90. The minimum atomic E-state index is 0.0486. The maximum absolute atomic E-state index is 9.92. The van der Waals surface area contributed by atoms with Gasteiger partial charge in [-0.25, -0.2) is 0 Å². The van der Waals surface area contributed by atoms with Gasteiger partial charge in [-0.15, -0.1) is 0 Å². The van der Waals surface area contributed by atoms with Gasteiger partial charge in [-0.2, -0.15) is 0 Å². The predicted octanol–water partition coefficient (Wildman–Crippen LogP) is -0.712. The van der Waals surface area contributed by atoms with Gasteiger partial charge in [0, 0.05) is 7.85 Å². The van der Waals surface area contributed by atoms with Gasteiger partial charge in [0.05, 0.1) is 0 Å². The van der Waals surface area contributed by atoms with Crippen molar-refractivity contribution in [1.29, 1.82) is 0 Å². The molecule has 0 aromatic rings. The lowest BCUT2D eigenvalue weighted by atomic mass is 10.0. The fraction of sp³-hybridized carbons (Fsp3) is 0.667. The van der Waals surface area contributed by atoms with Gasteiger partial charge in [0.1, 0.15) is 0 Å². The van der Waals surface area contributed by atoms with Crippen LogP contribution >= 0.6 is 0 Å². The van der Waals surface area contributed by atoms with Crippen LogP contribution < -0.4 is 0 Å². The van der Waals surface area contributed by atoms with Crippen LogP contribution in [0.25, 0.3) is 0 Å². The molecule has 0 aromatic carbocycles. The number of hydrogen-bond acceptors (Lipinski definition) is 1. The maximum Gasteiger partial charge on any atom is 0.0242 e. The highest BCUT2D eigenvalue weighted by Crippen LogP contribution is 1.66. The second-order valence-corrected chi connectivity index (χ2v) is 0.498. The van der Waals surface area contributed by atoms with Gasteiger partial charge in [-0.05, 0) is 12.1 Å². The van der Waals surface area contributed by atoms with Crippen molar-refractivity contribution in [1.82, 2.24) is 0 Å². The van der Waals surface area contributed by atoms with Crippen LogP contribution in [0.1, 0.15) is 13.3 Å². The summed E-state index contributed by atoms with van der Waals surface area (Å²) in [6, 6.07) is 0. The molecule has 0 aliphatic rings. The molecule has 0 aliphatic heterocycles. The van der Waals surface area contributed by atoms with E-state index in [9.17, 15) is 4.79 Å². The van der Waals surface area contributed by atoms with E-state index in [0.29, 0.717) is 5.68 Å². The zero-order valence-electron chi connectivity index (χ0n) is 2.62. The van der Waals surface area contributed by atoms with E-state index in [1.165, 1.54) is 0 Å². The molecule has 0 atom stereocenters. The number of hydrogen-bond donors (Lipinski definition) is 0. The highest BCUT2D eigenvalue weighted by molar-refractivity contribution is 6.57. The normalized spacial score (nSPS) is 7.60. The van der Waals surface area contributed by atoms with Crippen LogP contribution in [0.15, 0.2) is 0 Å². The third kappa shape index (κ3) is 3.73. The van der Waals surface area contributed by atoms with Crippen LogP contribution in [-0.2, 0) is 4.79 Å². The first-order valence-corrected chi connectivity index (χ1v) is 1.26. The third-order valence-electron chi connectivity index (χ3n) is 0.144. The van der Waals surface area contributed by atoms with Crippen molar-refractivity contribution in [2.24, 2.45) is 0 Å². The molecule has 0 aliphatic carbocycles. The quantitative estimate of drug-likeness (QED) is 0.373. The highest BCUT2D eigenvalue weighted by atomic mass is 16.1. The van der Waals surface area contributed by atoms with E-state index in [-0.39, 0.29) is 7.85 Å². The summed E-state index contributed by atoms with van der Waals surface area (Å²) < 4.78 is 0. The summed E-state index contributed by atoms with van der Waals surface area (Å²) in [7, 11) is 0.0486. The molecule has 0 bridgehead atoms. The summed E-state index contributed by atoms with van der Waals surface area (Å²) in [5.74, 6) is 0. The largest absolute Gasteiger partial charge is 0.347 e. The Balaban J connectivity index is 2.85.